The molecular weight excluding hydrogens is 254 g/mol. The summed E-state index contributed by atoms with van der Waals surface area (Å²) in [5.74, 6) is -0.474. The van der Waals surface area contributed by atoms with E-state index in [1.165, 1.54) is 6.20 Å². The smallest absolute Gasteiger partial charge is 0.341 e. The van der Waals surface area contributed by atoms with E-state index in [2.05, 4.69) is 5.10 Å². The van der Waals surface area contributed by atoms with Crippen LogP contribution < -0.4 is 0 Å². The number of aromatic carboxylic acids is 1. The van der Waals surface area contributed by atoms with Crippen LogP contribution in [-0.4, -0.2) is 25.4 Å². The van der Waals surface area contributed by atoms with E-state index in [1.54, 1.807) is 21.6 Å². The Morgan fingerprint density at radius 2 is 1.80 bits per heavy atom. The molecule has 5 heteroatoms. The normalized spacial score (nSPS) is 10.7. The monoisotopic (exact) mass is 267 g/mol. The second-order valence-corrected chi connectivity index (χ2v) is 4.52. The zero-order chi connectivity index (χ0) is 14.1. The van der Waals surface area contributed by atoms with Crippen LogP contribution in [0.25, 0.3) is 11.5 Å². The molecule has 0 fully saturated rings. The van der Waals surface area contributed by atoms with Crippen molar-refractivity contribution in [3.8, 4) is 11.5 Å². The first kappa shape index (κ1) is 12.2. The van der Waals surface area contributed by atoms with Crippen LogP contribution in [0.3, 0.4) is 0 Å². The summed E-state index contributed by atoms with van der Waals surface area (Å²) in [5, 5.41) is 13.5. The molecule has 1 N–H and O–H groups in total. The van der Waals surface area contributed by atoms with E-state index in [9.17, 15) is 9.90 Å². The van der Waals surface area contributed by atoms with E-state index in [4.69, 9.17) is 0 Å². The number of carbonyl (C=O) groups is 1. The van der Waals surface area contributed by atoms with Crippen LogP contribution in [0.5, 0.6) is 0 Å². The summed E-state index contributed by atoms with van der Waals surface area (Å²) < 4.78 is 3.37. The minimum atomic E-state index is -0.993. The van der Waals surface area contributed by atoms with Crippen LogP contribution >= 0.6 is 0 Å². The highest BCUT2D eigenvalue weighted by Crippen LogP contribution is 2.20. The van der Waals surface area contributed by atoms with Crippen molar-refractivity contribution >= 4 is 5.97 Å². The Balaban J connectivity index is 2.21. The number of benzene rings is 1. The number of aryl methyl sites for hydroxylation is 1. The summed E-state index contributed by atoms with van der Waals surface area (Å²) in [6.45, 7) is 2.00. The summed E-state index contributed by atoms with van der Waals surface area (Å²) >= 11 is 0. The van der Waals surface area contributed by atoms with E-state index >= 15 is 0 Å². The van der Waals surface area contributed by atoms with Gasteiger partial charge in [-0.1, -0.05) is 17.7 Å². The molecule has 0 aliphatic rings. The van der Waals surface area contributed by atoms with Crippen molar-refractivity contribution in [3.63, 3.8) is 0 Å². The average molecular weight is 267 g/mol. The van der Waals surface area contributed by atoms with Crippen LogP contribution in [0.15, 0.2) is 55.0 Å². The van der Waals surface area contributed by atoms with E-state index in [1.807, 2.05) is 43.3 Å². The van der Waals surface area contributed by atoms with Gasteiger partial charge < -0.3 is 9.67 Å². The molecule has 2 heterocycles. The third-order valence-electron chi connectivity index (χ3n) is 3.10. The minimum Gasteiger partial charge on any atom is -0.477 e. The predicted octanol–water partition coefficient (Wildman–Crippen LogP) is 2.67. The Hall–Kier alpha value is -2.82. The number of aromatic nitrogens is 3. The van der Waals surface area contributed by atoms with Gasteiger partial charge in [0.05, 0.1) is 11.9 Å². The molecule has 3 aromatic rings. The Morgan fingerprint density at radius 1 is 1.15 bits per heavy atom. The van der Waals surface area contributed by atoms with Gasteiger partial charge in [-0.25, -0.2) is 9.48 Å². The average Bonchev–Trinajstić information content (AvgIpc) is 3.08. The first-order chi connectivity index (χ1) is 9.66. The van der Waals surface area contributed by atoms with E-state index in [0.29, 0.717) is 5.82 Å². The second kappa shape index (κ2) is 4.70. The molecule has 0 amide bonds. The zero-order valence-electron chi connectivity index (χ0n) is 10.9. The van der Waals surface area contributed by atoms with Gasteiger partial charge in [0.15, 0.2) is 5.82 Å². The van der Waals surface area contributed by atoms with Gasteiger partial charge in [0.25, 0.3) is 0 Å². The topological polar surface area (TPSA) is 60.1 Å². The Morgan fingerprint density at radius 3 is 2.40 bits per heavy atom. The third kappa shape index (κ3) is 1.99. The number of carboxylic acid groups (broad SMARTS) is 1. The van der Waals surface area contributed by atoms with Crippen LogP contribution in [-0.2, 0) is 0 Å². The molecule has 0 bridgehead atoms. The summed E-state index contributed by atoms with van der Waals surface area (Å²) in [5.41, 5.74) is 2.13. The van der Waals surface area contributed by atoms with Crippen LogP contribution in [0.1, 0.15) is 15.9 Å². The lowest BCUT2D eigenvalue weighted by Crippen LogP contribution is -2.08. The lowest BCUT2D eigenvalue weighted by molar-refractivity contribution is 0.0697. The van der Waals surface area contributed by atoms with Crippen molar-refractivity contribution < 1.29 is 9.90 Å². The molecular formula is C15H13N3O2. The van der Waals surface area contributed by atoms with Crippen LogP contribution in [0.4, 0.5) is 0 Å². The maximum atomic E-state index is 11.3. The molecule has 0 atom stereocenters. The molecule has 0 aliphatic heterocycles. The highest BCUT2D eigenvalue weighted by molar-refractivity contribution is 5.91. The zero-order valence-corrected chi connectivity index (χ0v) is 10.9. The number of hydrogen-bond donors (Lipinski definition) is 1. The van der Waals surface area contributed by atoms with E-state index < -0.39 is 5.97 Å². The summed E-state index contributed by atoms with van der Waals surface area (Å²) in [6.07, 6.45) is 4.97. The molecule has 0 saturated heterocycles. The van der Waals surface area contributed by atoms with Gasteiger partial charge in [-0.3, -0.25) is 0 Å². The first-order valence-corrected chi connectivity index (χ1v) is 6.18. The van der Waals surface area contributed by atoms with Gasteiger partial charge in [0, 0.05) is 12.4 Å². The van der Waals surface area contributed by atoms with Crippen molar-refractivity contribution in [3.05, 3.63) is 66.1 Å². The molecule has 0 aliphatic carbocycles. The maximum Gasteiger partial charge on any atom is 0.341 e. The van der Waals surface area contributed by atoms with Crippen LogP contribution in [0.2, 0.25) is 0 Å². The third-order valence-corrected chi connectivity index (χ3v) is 3.10. The number of nitrogens with zero attached hydrogens (tertiary/aromatic N) is 3. The summed E-state index contributed by atoms with van der Waals surface area (Å²) in [4.78, 5) is 11.3. The summed E-state index contributed by atoms with van der Waals surface area (Å²) in [6, 6.07) is 11.5. The van der Waals surface area contributed by atoms with E-state index in [0.717, 1.165) is 11.3 Å². The van der Waals surface area contributed by atoms with Gasteiger partial charge in [-0.15, -0.1) is 0 Å². The van der Waals surface area contributed by atoms with Gasteiger partial charge >= 0.3 is 5.97 Å². The van der Waals surface area contributed by atoms with Crippen molar-refractivity contribution in [1.82, 2.24) is 14.3 Å². The van der Waals surface area contributed by atoms with Crippen LogP contribution in [0, 0.1) is 6.92 Å². The van der Waals surface area contributed by atoms with Crippen molar-refractivity contribution in [1.29, 1.82) is 0 Å². The highest BCUT2D eigenvalue weighted by atomic mass is 16.4. The largest absolute Gasteiger partial charge is 0.477 e. The van der Waals surface area contributed by atoms with Crippen molar-refractivity contribution in [2.45, 2.75) is 6.92 Å². The Kier molecular flexibility index (Phi) is 2.87. The molecule has 3 rings (SSSR count). The van der Waals surface area contributed by atoms with Crippen molar-refractivity contribution in [2.24, 2.45) is 0 Å². The molecule has 0 unspecified atom stereocenters. The van der Waals surface area contributed by atoms with Gasteiger partial charge in [0.2, 0.25) is 0 Å². The molecule has 20 heavy (non-hydrogen) atoms. The maximum absolute atomic E-state index is 11.3. The van der Waals surface area contributed by atoms with Crippen molar-refractivity contribution in [2.75, 3.05) is 0 Å². The van der Waals surface area contributed by atoms with Gasteiger partial charge in [-0.2, -0.15) is 5.10 Å². The quantitative estimate of drug-likeness (QED) is 0.793. The minimum absolute atomic E-state index is 0.168. The fraction of sp³-hybridized carbons (Fsp3) is 0.0667. The fourth-order valence-corrected chi connectivity index (χ4v) is 2.09. The second-order valence-electron chi connectivity index (χ2n) is 4.52. The molecule has 0 spiro atoms. The number of rotatable bonds is 3. The molecule has 100 valence electrons. The predicted molar refractivity (Wildman–Crippen MR) is 74.6 cm³/mol. The summed E-state index contributed by atoms with van der Waals surface area (Å²) in [7, 11) is 0. The lowest BCUT2D eigenvalue weighted by Gasteiger charge is -2.09. The van der Waals surface area contributed by atoms with E-state index in [-0.39, 0.29) is 5.56 Å². The molecule has 0 radical (unpaired) electrons. The fourth-order valence-electron chi connectivity index (χ4n) is 2.09. The SMILES string of the molecule is Cc1ccc(-n2ncc(C(=O)O)c2-n2cccc2)cc1. The number of carboxylic acids is 1. The molecule has 2 aromatic heterocycles. The highest BCUT2D eigenvalue weighted by Gasteiger charge is 2.18. The molecule has 0 saturated carbocycles. The van der Waals surface area contributed by atoms with Gasteiger partial charge in [-0.05, 0) is 31.2 Å². The van der Waals surface area contributed by atoms with Gasteiger partial charge in [0.1, 0.15) is 5.56 Å². The Bertz CT molecular complexity index is 740. The molecule has 5 nitrogen and oxygen atoms in total. The lowest BCUT2D eigenvalue weighted by atomic mass is 10.2. The molecule has 1 aromatic carbocycles. The standard InChI is InChI=1S/C15H13N3O2/c1-11-4-6-12(7-5-11)18-14(17-8-2-3-9-17)13(10-16-18)15(19)20/h2-10H,1H3,(H,19,20). The number of hydrogen-bond acceptors (Lipinski definition) is 2. The Labute approximate surface area is 115 Å². The first-order valence-electron chi connectivity index (χ1n) is 6.18.